The summed E-state index contributed by atoms with van der Waals surface area (Å²) in [6.07, 6.45) is 0.0561. The van der Waals surface area contributed by atoms with Gasteiger partial charge in [-0.25, -0.2) is 4.79 Å². The average Bonchev–Trinajstić information content (AvgIpc) is 2.83. The Morgan fingerprint density at radius 1 is 0.844 bits per heavy atom. The van der Waals surface area contributed by atoms with Crippen LogP contribution in [0.2, 0.25) is 0 Å². The molecular formula is C26H28O6. The van der Waals surface area contributed by atoms with E-state index in [4.69, 9.17) is 24.1 Å². The van der Waals surface area contributed by atoms with E-state index >= 15 is 0 Å². The number of aliphatic carboxylic acids is 1. The van der Waals surface area contributed by atoms with Crippen LogP contribution in [0.4, 0.5) is 0 Å². The third-order valence-electron chi connectivity index (χ3n) is 4.99. The molecule has 0 aromatic heterocycles. The van der Waals surface area contributed by atoms with E-state index < -0.39 is 12.1 Å². The van der Waals surface area contributed by atoms with E-state index in [0.717, 1.165) is 16.9 Å². The van der Waals surface area contributed by atoms with Crippen molar-refractivity contribution < 1.29 is 28.8 Å². The highest BCUT2D eigenvalue weighted by Gasteiger charge is 2.18. The summed E-state index contributed by atoms with van der Waals surface area (Å²) >= 11 is 0. The molecule has 0 aliphatic carbocycles. The topological polar surface area (TPSA) is 74.2 Å². The fourth-order valence-corrected chi connectivity index (χ4v) is 3.25. The van der Waals surface area contributed by atoms with E-state index in [9.17, 15) is 4.79 Å². The van der Waals surface area contributed by atoms with E-state index in [1.165, 1.54) is 12.7 Å². The molecule has 6 heteroatoms. The molecule has 0 bridgehead atoms. The van der Waals surface area contributed by atoms with Gasteiger partial charge in [0, 0.05) is 20.0 Å². The molecule has 1 N–H and O–H groups in total. The summed E-state index contributed by atoms with van der Waals surface area (Å²) in [7, 11) is 2.94. The molecule has 0 aliphatic heterocycles. The van der Waals surface area contributed by atoms with Crippen LogP contribution in [0.3, 0.4) is 0 Å². The van der Waals surface area contributed by atoms with Gasteiger partial charge in [-0.3, -0.25) is 0 Å². The normalized spacial score (nSPS) is 11.6. The van der Waals surface area contributed by atoms with Crippen LogP contribution in [0, 0.1) is 0 Å². The van der Waals surface area contributed by atoms with Crippen molar-refractivity contribution >= 4 is 5.97 Å². The summed E-state index contributed by atoms with van der Waals surface area (Å²) in [4.78, 5) is 11.2. The second kappa shape index (κ2) is 11.8. The summed E-state index contributed by atoms with van der Waals surface area (Å²) in [5.74, 6) is 0.979. The minimum atomic E-state index is -0.999. The van der Waals surface area contributed by atoms with Gasteiger partial charge in [0.15, 0.2) is 17.6 Å². The maximum absolute atomic E-state index is 11.2. The van der Waals surface area contributed by atoms with Crippen molar-refractivity contribution in [1.82, 2.24) is 0 Å². The quantitative estimate of drug-likeness (QED) is 0.409. The van der Waals surface area contributed by atoms with Crippen molar-refractivity contribution in [3.8, 4) is 28.4 Å². The molecule has 6 nitrogen and oxygen atoms in total. The van der Waals surface area contributed by atoms with E-state index in [2.05, 4.69) is 12.1 Å². The Hall–Kier alpha value is -3.51. The van der Waals surface area contributed by atoms with Gasteiger partial charge in [-0.1, -0.05) is 48.5 Å². The Labute approximate surface area is 188 Å². The Morgan fingerprint density at radius 2 is 1.53 bits per heavy atom. The largest absolute Gasteiger partial charge is 0.493 e. The highest BCUT2D eigenvalue weighted by molar-refractivity contribution is 5.72. The molecule has 32 heavy (non-hydrogen) atoms. The SMILES string of the molecule is COc1cc(C[C@H](OC)C(=O)O)ccc1OCCCOc1ccc(-c2ccccc2)cc1. The first kappa shape index (κ1) is 23.2. The van der Waals surface area contributed by atoms with Gasteiger partial charge in [0.2, 0.25) is 0 Å². The summed E-state index contributed by atoms with van der Waals surface area (Å²) < 4.78 is 22.0. The van der Waals surface area contributed by atoms with Crippen LogP contribution in [0.1, 0.15) is 12.0 Å². The lowest BCUT2D eigenvalue weighted by atomic mass is 10.1. The maximum Gasteiger partial charge on any atom is 0.333 e. The van der Waals surface area contributed by atoms with Crippen molar-refractivity contribution in [3.05, 3.63) is 78.4 Å². The predicted molar refractivity (Wildman–Crippen MR) is 123 cm³/mol. The smallest absolute Gasteiger partial charge is 0.333 e. The van der Waals surface area contributed by atoms with Crippen LogP contribution < -0.4 is 14.2 Å². The molecule has 0 saturated carbocycles. The standard InChI is InChI=1S/C26H28O6/c1-29-24-17-19(18-25(30-2)26(27)28)9-14-23(24)32-16-6-15-31-22-12-10-21(11-13-22)20-7-4-3-5-8-20/h3-5,7-14,17,25H,6,15-16,18H2,1-2H3,(H,27,28)/t25-/m0/s1. The number of hydrogen-bond acceptors (Lipinski definition) is 5. The molecule has 1 atom stereocenters. The van der Waals surface area contributed by atoms with Gasteiger partial charge in [0.05, 0.1) is 20.3 Å². The van der Waals surface area contributed by atoms with Gasteiger partial charge >= 0.3 is 5.97 Å². The van der Waals surface area contributed by atoms with Gasteiger partial charge in [0.1, 0.15) is 5.75 Å². The van der Waals surface area contributed by atoms with Crippen molar-refractivity contribution in [2.24, 2.45) is 0 Å². The molecule has 0 unspecified atom stereocenters. The molecule has 3 aromatic carbocycles. The Balaban J connectivity index is 1.45. The van der Waals surface area contributed by atoms with E-state index in [1.807, 2.05) is 48.5 Å². The molecule has 0 fully saturated rings. The summed E-state index contributed by atoms with van der Waals surface area (Å²) in [6, 6.07) is 23.6. The molecule has 3 aromatic rings. The molecule has 0 heterocycles. The van der Waals surface area contributed by atoms with Crippen LogP contribution in [-0.4, -0.2) is 44.6 Å². The Bertz CT molecular complexity index is 985. The van der Waals surface area contributed by atoms with Gasteiger partial charge in [-0.2, -0.15) is 0 Å². The van der Waals surface area contributed by atoms with Crippen molar-refractivity contribution in [2.45, 2.75) is 18.9 Å². The Kier molecular flexibility index (Phi) is 8.52. The fourth-order valence-electron chi connectivity index (χ4n) is 3.25. The first-order valence-corrected chi connectivity index (χ1v) is 10.4. The van der Waals surface area contributed by atoms with Crippen molar-refractivity contribution in [3.63, 3.8) is 0 Å². The number of methoxy groups -OCH3 is 2. The molecule has 0 spiro atoms. The molecule has 0 aliphatic rings. The average molecular weight is 437 g/mol. The highest BCUT2D eigenvalue weighted by atomic mass is 16.5. The number of hydrogen-bond donors (Lipinski definition) is 1. The van der Waals surface area contributed by atoms with Crippen LogP contribution in [0.25, 0.3) is 11.1 Å². The third-order valence-corrected chi connectivity index (χ3v) is 4.99. The number of carbonyl (C=O) groups is 1. The van der Waals surface area contributed by atoms with E-state index in [-0.39, 0.29) is 6.42 Å². The summed E-state index contributed by atoms with van der Waals surface area (Å²) in [5, 5.41) is 9.14. The molecule has 3 rings (SSSR count). The molecular weight excluding hydrogens is 408 g/mol. The summed E-state index contributed by atoms with van der Waals surface area (Å²) in [6.45, 7) is 0.993. The second-order valence-corrected chi connectivity index (χ2v) is 7.19. The van der Waals surface area contributed by atoms with Gasteiger partial charge in [-0.15, -0.1) is 0 Å². The van der Waals surface area contributed by atoms with E-state index in [1.54, 1.807) is 19.2 Å². The van der Waals surface area contributed by atoms with Gasteiger partial charge < -0.3 is 24.1 Å². The lowest BCUT2D eigenvalue weighted by Gasteiger charge is -2.14. The summed E-state index contributed by atoms with van der Waals surface area (Å²) in [5.41, 5.74) is 3.12. The number of carboxylic acid groups (broad SMARTS) is 1. The number of carboxylic acids is 1. The number of benzene rings is 3. The van der Waals surface area contributed by atoms with Crippen LogP contribution in [0.15, 0.2) is 72.8 Å². The first-order valence-electron chi connectivity index (χ1n) is 10.4. The van der Waals surface area contributed by atoms with Gasteiger partial charge in [-0.05, 0) is 41.0 Å². The zero-order valence-corrected chi connectivity index (χ0v) is 18.3. The minimum Gasteiger partial charge on any atom is -0.493 e. The lowest BCUT2D eigenvalue weighted by Crippen LogP contribution is -2.24. The molecule has 0 radical (unpaired) electrons. The monoisotopic (exact) mass is 436 g/mol. The fraction of sp³-hybridized carbons (Fsp3) is 0.269. The van der Waals surface area contributed by atoms with Crippen LogP contribution in [-0.2, 0) is 16.0 Å². The van der Waals surface area contributed by atoms with E-state index in [0.29, 0.717) is 31.1 Å². The molecule has 0 saturated heterocycles. The number of ether oxygens (including phenoxy) is 4. The second-order valence-electron chi connectivity index (χ2n) is 7.19. The minimum absolute atomic E-state index is 0.249. The zero-order chi connectivity index (χ0) is 22.8. The predicted octanol–water partition coefficient (Wildman–Crippen LogP) is 4.85. The van der Waals surface area contributed by atoms with Gasteiger partial charge in [0.25, 0.3) is 0 Å². The van der Waals surface area contributed by atoms with Crippen LogP contribution >= 0.6 is 0 Å². The van der Waals surface area contributed by atoms with Crippen molar-refractivity contribution in [1.29, 1.82) is 0 Å². The lowest BCUT2D eigenvalue weighted by molar-refractivity contribution is -0.148. The van der Waals surface area contributed by atoms with Crippen molar-refractivity contribution in [2.75, 3.05) is 27.4 Å². The number of rotatable bonds is 12. The third kappa shape index (κ3) is 6.49. The highest BCUT2D eigenvalue weighted by Crippen LogP contribution is 2.29. The Morgan fingerprint density at radius 3 is 2.19 bits per heavy atom. The maximum atomic E-state index is 11.2. The molecule has 0 amide bonds. The van der Waals surface area contributed by atoms with Crippen LogP contribution in [0.5, 0.6) is 17.2 Å². The zero-order valence-electron chi connectivity index (χ0n) is 18.3. The molecule has 168 valence electrons. The first-order chi connectivity index (χ1) is 15.6.